The second kappa shape index (κ2) is 3.24. The van der Waals surface area contributed by atoms with Gasteiger partial charge in [0.15, 0.2) is 0 Å². The number of benzene rings is 1. The summed E-state index contributed by atoms with van der Waals surface area (Å²) in [6.07, 6.45) is 0. The van der Waals surface area contributed by atoms with Crippen LogP contribution >= 0.6 is 7.14 Å². The minimum Gasteiger partial charge on any atom is -0.398 e. The van der Waals surface area contributed by atoms with Crippen molar-refractivity contribution < 1.29 is 4.57 Å². The van der Waals surface area contributed by atoms with E-state index in [1.54, 1.807) is 31.5 Å². The van der Waals surface area contributed by atoms with Crippen LogP contribution < -0.4 is 11.0 Å². The van der Waals surface area contributed by atoms with Gasteiger partial charge in [0.25, 0.3) is 0 Å². The van der Waals surface area contributed by atoms with Crippen LogP contribution in [0.4, 0.5) is 5.69 Å². The van der Waals surface area contributed by atoms with E-state index in [0.717, 1.165) is 0 Å². The maximum atomic E-state index is 11.6. The molecule has 0 amide bonds. The Balaban J connectivity index is 3.32. The number of hydrogen-bond acceptors (Lipinski definition) is 3. The summed E-state index contributed by atoms with van der Waals surface area (Å²) < 4.78 is 11.6. The van der Waals surface area contributed by atoms with Crippen molar-refractivity contribution in [2.24, 2.45) is 0 Å². The van der Waals surface area contributed by atoms with E-state index < -0.39 is 7.14 Å². The predicted molar refractivity (Wildman–Crippen MR) is 54.7 cm³/mol. The topological polar surface area (TPSA) is 66.9 Å². The lowest BCUT2D eigenvalue weighted by molar-refractivity contribution is 0.588. The smallest absolute Gasteiger partial charge is 0.109 e. The molecule has 0 saturated heterocycles. The monoisotopic (exact) mass is 194 g/mol. The largest absolute Gasteiger partial charge is 0.398 e. The third kappa shape index (κ3) is 2.11. The zero-order valence-corrected chi connectivity index (χ0v) is 8.51. The van der Waals surface area contributed by atoms with E-state index >= 15 is 0 Å². The van der Waals surface area contributed by atoms with Crippen LogP contribution in [0.15, 0.2) is 18.2 Å². The molecule has 3 nitrogen and oxygen atoms in total. The van der Waals surface area contributed by atoms with Gasteiger partial charge in [-0.15, -0.1) is 0 Å². The molecule has 0 bridgehead atoms. The Labute approximate surface area is 77.5 Å². The molecule has 0 atom stereocenters. The maximum Gasteiger partial charge on any atom is 0.109 e. The van der Waals surface area contributed by atoms with Gasteiger partial charge in [-0.1, -0.05) is 0 Å². The summed E-state index contributed by atoms with van der Waals surface area (Å²) in [5.74, 6) is 0. The standard InChI is InChI=1S/C9H11N2OP/c1-13(2,12)8-3-4-9(11)7(5-8)6-10/h3-5H,11H2,1-2H3. The number of nitrogen functional groups attached to an aromatic ring is 1. The Hall–Kier alpha value is -1.26. The molecule has 1 rings (SSSR count). The highest BCUT2D eigenvalue weighted by atomic mass is 31.2. The Morgan fingerprint density at radius 1 is 1.46 bits per heavy atom. The molecule has 0 aliphatic carbocycles. The van der Waals surface area contributed by atoms with E-state index in [9.17, 15) is 4.57 Å². The lowest BCUT2D eigenvalue weighted by Gasteiger charge is -2.07. The van der Waals surface area contributed by atoms with Crippen LogP contribution in [0.25, 0.3) is 0 Å². The van der Waals surface area contributed by atoms with Gasteiger partial charge in [0.2, 0.25) is 0 Å². The first-order chi connectivity index (χ1) is 5.95. The van der Waals surface area contributed by atoms with Crippen LogP contribution in [0.5, 0.6) is 0 Å². The molecule has 0 radical (unpaired) electrons. The average Bonchev–Trinajstić information content (AvgIpc) is 2.03. The van der Waals surface area contributed by atoms with Gasteiger partial charge >= 0.3 is 0 Å². The number of hydrogen-bond donors (Lipinski definition) is 1. The first-order valence-electron chi connectivity index (χ1n) is 3.80. The number of rotatable bonds is 1. The van der Waals surface area contributed by atoms with Crippen LogP contribution in [-0.4, -0.2) is 13.3 Å². The van der Waals surface area contributed by atoms with Gasteiger partial charge in [-0.3, -0.25) is 0 Å². The molecule has 0 spiro atoms. The van der Waals surface area contributed by atoms with Crippen molar-refractivity contribution in [2.75, 3.05) is 19.1 Å². The predicted octanol–water partition coefficient (Wildman–Crippen LogP) is 1.39. The summed E-state index contributed by atoms with van der Waals surface area (Å²) in [5.41, 5.74) is 6.35. The zero-order chi connectivity index (χ0) is 10.1. The maximum absolute atomic E-state index is 11.6. The normalized spacial score (nSPS) is 10.8. The molecular weight excluding hydrogens is 183 g/mol. The minimum atomic E-state index is -2.28. The zero-order valence-electron chi connectivity index (χ0n) is 7.61. The van der Waals surface area contributed by atoms with Crippen molar-refractivity contribution in [3.8, 4) is 6.07 Å². The minimum absolute atomic E-state index is 0.390. The molecule has 0 saturated carbocycles. The molecule has 1 aromatic rings. The van der Waals surface area contributed by atoms with Crippen LogP contribution in [0.1, 0.15) is 5.56 Å². The third-order valence-electron chi connectivity index (χ3n) is 1.78. The van der Waals surface area contributed by atoms with Crippen LogP contribution in [0.2, 0.25) is 0 Å². The van der Waals surface area contributed by atoms with Crippen molar-refractivity contribution in [3.63, 3.8) is 0 Å². The van der Waals surface area contributed by atoms with Crippen LogP contribution in [0.3, 0.4) is 0 Å². The quantitative estimate of drug-likeness (QED) is 0.542. The third-order valence-corrected chi connectivity index (χ3v) is 3.30. The summed E-state index contributed by atoms with van der Waals surface area (Å²) in [5, 5.41) is 9.38. The van der Waals surface area contributed by atoms with Crippen molar-refractivity contribution in [2.45, 2.75) is 0 Å². The fourth-order valence-corrected chi connectivity index (χ4v) is 1.85. The van der Waals surface area contributed by atoms with Gasteiger partial charge in [0, 0.05) is 11.0 Å². The van der Waals surface area contributed by atoms with Gasteiger partial charge < -0.3 is 10.3 Å². The Morgan fingerprint density at radius 2 is 2.08 bits per heavy atom. The summed E-state index contributed by atoms with van der Waals surface area (Å²) in [6, 6.07) is 6.88. The van der Waals surface area contributed by atoms with E-state index in [1.807, 2.05) is 6.07 Å². The Kier molecular flexibility index (Phi) is 2.45. The summed E-state index contributed by atoms with van der Waals surface area (Å²) in [6.45, 7) is 3.33. The van der Waals surface area contributed by atoms with Gasteiger partial charge in [-0.25, -0.2) is 0 Å². The first-order valence-corrected chi connectivity index (χ1v) is 6.40. The summed E-state index contributed by atoms with van der Waals surface area (Å²) in [4.78, 5) is 0. The molecule has 1 aromatic carbocycles. The van der Waals surface area contributed by atoms with Crippen LogP contribution in [-0.2, 0) is 4.57 Å². The molecule has 13 heavy (non-hydrogen) atoms. The number of anilines is 1. The highest BCUT2D eigenvalue weighted by Gasteiger charge is 2.12. The number of nitrogens with zero attached hydrogens (tertiary/aromatic N) is 1. The molecule has 0 aromatic heterocycles. The Bertz CT molecular complexity index is 414. The van der Waals surface area contributed by atoms with Gasteiger partial charge in [0.1, 0.15) is 13.2 Å². The lowest BCUT2D eigenvalue weighted by Crippen LogP contribution is -2.05. The van der Waals surface area contributed by atoms with Gasteiger partial charge in [-0.05, 0) is 31.5 Å². The van der Waals surface area contributed by atoms with E-state index in [4.69, 9.17) is 11.0 Å². The number of nitrogens with two attached hydrogens (primary N) is 1. The summed E-state index contributed by atoms with van der Waals surface area (Å²) >= 11 is 0. The molecular formula is C9H11N2OP. The molecule has 4 heteroatoms. The van der Waals surface area contributed by atoms with Crippen molar-refractivity contribution in [3.05, 3.63) is 23.8 Å². The second-order valence-corrected chi connectivity index (χ2v) is 6.45. The average molecular weight is 194 g/mol. The van der Waals surface area contributed by atoms with Crippen molar-refractivity contribution in [1.82, 2.24) is 0 Å². The highest BCUT2D eigenvalue weighted by Crippen LogP contribution is 2.35. The van der Waals surface area contributed by atoms with Gasteiger partial charge in [-0.2, -0.15) is 5.26 Å². The highest BCUT2D eigenvalue weighted by molar-refractivity contribution is 7.70. The Morgan fingerprint density at radius 3 is 2.54 bits per heavy atom. The lowest BCUT2D eigenvalue weighted by atomic mass is 10.2. The molecule has 0 aliphatic rings. The molecule has 2 N–H and O–H groups in total. The van der Waals surface area contributed by atoms with E-state index in [-0.39, 0.29) is 0 Å². The van der Waals surface area contributed by atoms with Crippen LogP contribution in [0, 0.1) is 11.3 Å². The summed E-state index contributed by atoms with van der Waals surface area (Å²) in [7, 11) is -2.28. The molecule has 68 valence electrons. The van der Waals surface area contributed by atoms with Crippen molar-refractivity contribution >= 4 is 18.1 Å². The number of nitriles is 1. The first kappa shape index (κ1) is 9.83. The van der Waals surface area contributed by atoms with Crippen molar-refractivity contribution in [1.29, 1.82) is 5.26 Å². The fraction of sp³-hybridized carbons (Fsp3) is 0.222. The SMILES string of the molecule is CP(C)(=O)c1ccc(N)c(C#N)c1. The molecule has 0 aliphatic heterocycles. The van der Waals surface area contributed by atoms with E-state index in [1.165, 1.54) is 0 Å². The molecule has 0 unspecified atom stereocenters. The molecule has 0 fully saturated rings. The van der Waals surface area contributed by atoms with E-state index in [0.29, 0.717) is 16.6 Å². The van der Waals surface area contributed by atoms with Gasteiger partial charge in [0.05, 0.1) is 5.56 Å². The van der Waals surface area contributed by atoms with E-state index in [2.05, 4.69) is 0 Å². The molecule has 0 heterocycles. The second-order valence-electron chi connectivity index (χ2n) is 3.23. The fourth-order valence-electron chi connectivity index (χ4n) is 0.976.